The summed E-state index contributed by atoms with van der Waals surface area (Å²) in [6.45, 7) is -0.923. The fourth-order valence-corrected chi connectivity index (χ4v) is 1.24. The van der Waals surface area contributed by atoms with E-state index in [9.17, 15) is 14.2 Å². The van der Waals surface area contributed by atoms with Crippen molar-refractivity contribution < 1.29 is 27.7 Å². The van der Waals surface area contributed by atoms with Crippen molar-refractivity contribution in [3.8, 4) is 0 Å². The Balaban J connectivity index is 3.95. The highest BCUT2D eigenvalue weighted by Gasteiger charge is 2.24. The van der Waals surface area contributed by atoms with E-state index in [1.54, 1.807) is 0 Å². The Bertz CT molecular complexity index is 273. The molecule has 0 saturated heterocycles. The average molecular weight is 256 g/mol. The summed E-state index contributed by atoms with van der Waals surface area (Å²) >= 11 is 0. The summed E-state index contributed by atoms with van der Waals surface area (Å²) in [5, 5.41) is 4.01. The molecule has 0 atom stereocenters. The van der Waals surface area contributed by atoms with E-state index in [1.165, 1.54) is 0 Å². The SMILES string of the molecule is COP(=O)(OCNC(N)=O)OCNC(N)=O. The van der Waals surface area contributed by atoms with Gasteiger partial charge in [0.1, 0.15) is 13.5 Å². The molecule has 16 heavy (non-hydrogen) atoms. The van der Waals surface area contributed by atoms with Crippen LogP contribution in [0, 0.1) is 0 Å². The number of nitrogens with one attached hydrogen (secondary N) is 2. The average Bonchev–Trinajstić information content (AvgIpc) is 2.16. The van der Waals surface area contributed by atoms with Gasteiger partial charge in [0, 0.05) is 7.11 Å². The van der Waals surface area contributed by atoms with Crippen LogP contribution in [0.2, 0.25) is 0 Å². The summed E-state index contributed by atoms with van der Waals surface area (Å²) < 4.78 is 25.1. The lowest BCUT2D eigenvalue weighted by atomic mass is 11.0. The Hall–Kier alpha value is -1.35. The smallest absolute Gasteiger partial charge is 0.352 e. The molecule has 6 N–H and O–H groups in total. The van der Waals surface area contributed by atoms with E-state index in [0.717, 1.165) is 7.11 Å². The lowest BCUT2D eigenvalue weighted by Crippen LogP contribution is -2.32. The summed E-state index contributed by atoms with van der Waals surface area (Å²) in [4.78, 5) is 20.5. The van der Waals surface area contributed by atoms with Gasteiger partial charge in [-0.3, -0.25) is 13.6 Å². The Kier molecular flexibility index (Phi) is 6.42. The number of primary amides is 2. The van der Waals surface area contributed by atoms with Crippen LogP contribution >= 0.6 is 7.82 Å². The third-order valence-electron chi connectivity index (χ3n) is 1.16. The highest BCUT2D eigenvalue weighted by atomic mass is 31.2. The zero-order chi connectivity index (χ0) is 12.6. The third-order valence-corrected chi connectivity index (χ3v) is 2.50. The molecule has 0 aliphatic rings. The maximum absolute atomic E-state index is 11.5. The van der Waals surface area contributed by atoms with Gasteiger partial charge in [-0.25, -0.2) is 14.2 Å². The molecule has 0 radical (unpaired) electrons. The van der Waals surface area contributed by atoms with E-state index >= 15 is 0 Å². The minimum atomic E-state index is -3.85. The van der Waals surface area contributed by atoms with Gasteiger partial charge < -0.3 is 22.1 Å². The van der Waals surface area contributed by atoms with E-state index in [-0.39, 0.29) is 0 Å². The van der Waals surface area contributed by atoms with Crippen LogP contribution < -0.4 is 22.1 Å². The number of hydrogen-bond acceptors (Lipinski definition) is 6. The summed E-state index contributed by atoms with van der Waals surface area (Å²) in [6, 6.07) is -1.73. The van der Waals surface area contributed by atoms with E-state index in [1.807, 2.05) is 10.6 Å². The number of urea groups is 2. The first-order chi connectivity index (χ1) is 7.39. The minimum Gasteiger partial charge on any atom is -0.352 e. The van der Waals surface area contributed by atoms with Crippen molar-refractivity contribution in [3.05, 3.63) is 0 Å². The number of phosphoric ester groups is 1. The van der Waals surface area contributed by atoms with Crippen LogP contribution in [0.15, 0.2) is 0 Å². The first kappa shape index (κ1) is 14.6. The molecular weight excluding hydrogens is 243 g/mol. The number of hydrogen-bond donors (Lipinski definition) is 4. The standard InChI is InChI=1S/C5H13N4O6P/c1-13-16(12,14-2-8-4(6)10)15-3-9-5(7)11/h2-3H2,1H3,(H3,6,8,10)(H3,7,9,11). The molecule has 0 aliphatic heterocycles. The van der Waals surface area contributed by atoms with Crippen LogP contribution in [0.25, 0.3) is 0 Å². The summed E-state index contributed by atoms with van der Waals surface area (Å²) in [5.41, 5.74) is 9.46. The molecule has 0 aromatic heterocycles. The molecule has 0 spiro atoms. The van der Waals surface area contributed by atoms with Crippen molar-refractivity contribution >= 4 is 19.9 Å². The van der Waals surface area contributed by atoms with Crippen molar-refractivity contribution in [1.82, 2.24) is 10.6 Å². The third kappa shape index (κ3) is 7.01. The van der Waals surface area contributed by atoms with Crippen molar-refractivity contribution in [1.29, 1.82) is 0 Å². The van der Waals surface area contributed by atoms with Gasteiger partial charge in [-0.2, -0.15) is 0 Å². The molecule has 0 aromatic rings. The maximum Gasteiger partial charge on any atom is 0.477 e. The Labute approximate surface area is 91.2 Å². The quantitative estimate of drug-likeness (QED) is 0.339. The van der Waals surface area contributed by atoms with E-state index < -0.39 is 33.3 Å². The zero-order valence-corrected chi connectivity index (χ0v) is 9.36. The Morgan fingerprint density at radius 2 is 1.50 bits per heavy atom. The second-order valence-electron chi connectivity index (χ2n) is 2.26. The van der Waals surface area contributed by atoms with Gasteiger partial charge >= 0.3 is 19.9 Å². The van der Waals surface area contributed by atoms with Crippen LogP contribution in [-0.4, -0.2) is 32.6 Å². The van der Waals surface area contributed by atoms with Gasteiger partial charge in [0.25, 0.3) is 0 Å². The molecule has 0 rings (SSSR count). The van der Waals surface area contributed by atoms with Crippen LogP contribution in [0.4, 0.5) is 9.59 Å². The Morgan fingerprint density at radius 1 is 1.12 bits per heavy atom. The van der Waals surface area contributed by atoms with Crippen LogP contribution in [0.1, 0.15) is 0 Å². The van der Waals surface area contributed by atoms with E-state index in [4.69, 9.17) is 11.5 Å². The van der Waals surface area contributed by atoms with Gasteiger partial charge in [-0.15, -0.1) is 0 Å². The van der Waals surface area contributed by atoms with Gasteiger partial charge in [0.15, 0.2) is 0 Å². The van der Waals surface area contributed by atoms with Gasteiger partial charge in [0.2, 0.25) is 0 Å². The normalized spacial score (nSPS) is 10.8. The predicted octanol–water partition coefficient (Wildman–Crippen LogP) is -0.974. The number of carbonyl (C=O) groups excluding carboxylic acids is 2. The van der Waals surface area contributed by atoms with Crippen LogP contribution in [-0.2, 0) is 18.1 Å². The first-order valence-corrected chi connectivity index (χ1v) is 5.37. The molecule has 10 nitrogen and oxygen atoms in total. The number of nitrogens with two attached hydrogens (primary N) is 2. The Morgan fingerprint density at radius 3 is 1.75 bits per heavy atom. The van der Waals surface area contributed by atoms with Gasteiger partial charge in [-0.1, -0.05) is 0 Å². The van der Waals surface area contributed by atoms with E-state index in [0.29, 0.717) is 0 Å². The molecule has 0 aromatic carbocycles. The van der Waals surface area contributed by atoms with Crippen molar-refractivity contribution in [3.63, 3.8) is 0 Å². The largest absolute Gasteiger partial charge is 0.477 e. The molecular formula is C5H13N4O6P. The molecule has 0 saturated carbocycles. The molecule has 94 valence electrons. The highest BCUT2D eigenvalue weighted by molar-refractivity contribution is 7.48. The van der Waals surface area contributed by atoms with Crippen molar-refractivity contribution in [2.75, 3.05) is 20.6 Å². The lowest BCUT2D eigenvalue weighted by molar-refractivity contribution is 0.121. The zero-order valence-electron chi connectivity index (χ0n) is 8.47. The number of rotatable bonds is 7. The first-order valence-electron chi connectivity index (χ1n) is 3.91. The summed E-state index contributed by atoms with van der Waals surface area (Å²) in [5.74, 6) is 0. The number of amides is 4. The van der Waals surface area contributed by atoms with Gasteiger partial charge in [0.05, 0.1) is 0 Å². The monoisotopic (exact) mass is 256 g/mol. The van der Waals surface area contributed by atoms with Crippen LogP contribution in [0.5, 0.6) is 0 Å². The molecule has 0 fully saturated rings. The number of carbonyl (C=O) groups is 2. The second kappa shape index (κ2) is 7.01. The molecule has 0 heterocycles. The van der Waals surface area contributed by atoms with Crippen LogP contribution in [0.3, 0.4) is 0 Å². The van der Waals surface area contributed by atoms with E-state index in [2.05, 4.69) is 13.6 Å². The second-order valence-corrected chi connectivity index (χ2v) is 4.03. The fraction of sp³-hybridized carbons (Fsp3) is 0.600. The fourth-order valence-electron chi connectivity index (χ4n) is 0.508. The van der Waals surface area contributed by atoms with Crippen molar-refractivity contribution in [2.45, 2.75) is 0 Å². The molecule has 0 unspecified atom stereocenters. The minimum absolute atomic E-state index is 0.461. The predicted molar refractivity (Wildman–Crippen MR) is 52.0 cm³/mol. The summed E-state index contributed by atoms with van der Waals surface area (Å²) in [7, 11) is -2.79. The molecule has 11 heteroatoms. The lowest BCUT2D eigenvalue weighted by Gasteiger charge is -2.15. The molecule has 4 amide bonds. The highest BCUT2D eigenvalue weighted by Crippen LogP contribution is 2.47. The van der Waals surface area contributed by atoms with Gasteiger partial charge in [-0.05, 0) is 0 Å². The molecule has 0 bridgehead atoms. The summed E-state index contributed by atoms with van der Waals surface area (Å²) in [6.07, 6.45) is 0. The maximum atomic E-state index is 11.5. The molecule has 0 aliphatic carbocycles. The van der Waals surface area contributed by atoms with Crippen molar-refractivity contribution in [2.24, 2.45) is 11.5 Å². The topological polar surface area (TPSA) is 155 Å². The number of phosphoric acid groups is 1.